The Morgan fingerprint density at radius 3 is 1.67 bits per heavy atom. The van der Waals surface area contributed by atoms with Gasteiger partial charge in [-0.1, -0.05) is 27.0 Å². The lowest BCUT2D eigenvalue weighted by Gasteiger charge is -2.01. The standard InChI is InChI=1S/C8H14S/c1-5-7(3)9-8(4)6-2/h3-6H2,1-2H3. The van der Waals surface area contributed by atoms with E-state index in [1.165, 1.54) is 9.81 Å². The highest BCUT2D eigenvalue weighted by Crippen LogP contribution is 2.26. The second-order valence-corrected chi connectivity index (χ2v) is 3.25. The van der Waals surface area contributed by atoms with Gasteiger partial charge in [0, 0.05) is 0 Å². The third kappa shape index (κ3) is 4.34. The molecule has 0 bridgehead atoms. The molecule has 0 aliphatic heterocycles. The summed E-state index contributed by atoms with van der Waals surface area (Å²) in [4.78, 5) is 2.42. The predicted molar refractivity (Wildman–Crippen MR) is 46.5 cm³/mol. The van der Waals surface area contributed by atoms with Gasteiger partial charge in [-0.3, -0.25) is 0 Å². The van der Waals surface area contributed by atoms with Crippen LogP contribution in [0.1, 0.15) is 26.7 Å². The van der Waals surface area contributed by atoms with Gasteiger partial charge in [-0.2, -0.15) is 0 Å². The van der Waals surface area contributed by atoms with E-state index >= 15 is 0 Å². The quantitative estimate of drug-likeness (QED) is 0.578. The van der Waals surface area contributed by atoms with Crippen molar-refractivity contribution in [3.05, 3.63) is 23.0 Å². The number of allylic oxidation sites excluding steroid dienone is 2. The summed E-state index contributed by atoms with van der Waals surface area (Å²) in [5, 5.41) is 0. The zero-order valence-corrected chi connectivity index (χ0v) is 7.05. The lowest BCUT2D eigenvalue weighted by molar-refractivity contribution is 1.19. The van der Waals surface area contributed by atoms with Crippen LogP contribution in [-0.2, 0) is 0 Å². The van der Waals surface area contributed by atoms with E-state index in [0.717, 1.165) is 12.8 Å². The van der Waals surface area contributed by atoms with Crippen LogP contribution in [0.4, 0.5) is 0 Å². The topological polar surface area (TPSA) is 0 Å². The summed E-state index contributed by atoms with van der Waals surface area (Å²) in [5.74, 6) is 0. The maximum atomic E-state index is 3.86. The minimum Gasteiger partial charge on any atom is -0.100 e. The molecule has 0 atom stereocenters. The molecule has 0 amide bonds. The van der Waals surface area contributed by atoms with Crippen molar-refractivity contribution < 1.29 is 0 Å². The molecule has 0 N–H and O–H groups in total. The smallest absolute Gasteiger partial charge is 0.0180 e. The molecular weight excluding hydrogens is 128 g/mol. The molecule has 0 aromatic carbocycles. The van der Waals surface area contributed by atoms with Crippen molar-refractivity contribution >= 4 is 11.8 Å². The normalized spacial score (nSPS) is 9.11. The Morgan fingerprint density at radius 2 is 1.44 bits per heavy atom. The Labute approximate surface area is 62.0 Å². The average molecular weight is 142 g/mol. The molecule has 0 spiro atoms. The number of hydrogen-bond acceptors (Lipinski definition) is 1. The fraction of sp³-hybridized carbons (Fsp3) is 0.500. The Morgan fingerprint density at radius 1 is 1.11 bits per heavy atom. The number of hydrogen-bond donors (Lipinski definition) is 0. The van der Waals surface area contributed by atoms with E-state index in [9.17, 15) is 0 Å². The van der Waals surface area contributed by atoms with Gasteiger partial charge in [-0.05, 0) is 22.7 Å². The summed E-state index contributed by atoms with van der Waals surface area (Å²) in [6.07, 6.45) is 2.09. The van der Waals surface area contributed by atoms with Gasteiger partial charge in [0.2, 0.25) is 0 Å². The summed E-state index contributed by atoms with van der Waals surface area (Å²) in [6.45, 7) is 11.9. The van der Waals surface area contributed by atoms with Gasteiger partial charge in [-0.15, -0.1) is 11.8 Å². The molecule has 1 heteroatoms. The van der Waals surface area contributed by atoms with Gasteiger partial charge in [0.15, 0.2) is 0 Å². The number of thioether (sulfide) groups is 1. The Kier molecular flexibility index (Phi) is 4.60. The highest BCUT2D eigenvalue weighted by Gasteiger charge is 1.92. The first-order valence-corrected chi connectivity index (χ1v) is 4.05. The lowest BCUT2D eigenvalue weighted by Crippen LogP contribution is -1.71. The van der Waals surface area contributed by atoms with Gasteiger partial charge in [-0.25, -0.2) is 0 Å². The molecule has 0 heterocycles. The molecule has 0 aromatic heterocycles. The Bertz CT molecular complexity index is 99.7. The average Bonchev–Trinajstić information content (AvgIpc) is 1.87. The summed E-state index contributed by atoms with van der Waals surface area (Å²) >= 11 is 1.71. The van der Waals surface area contributed by atoms with E-state index in [-0.39, 0.29) is 0 Å². The van der Waals surface area contributed by atoms with Crippen molar-refractivity contribution in [3.8, 4) is 0 Å². The van der Waals surface area contributed by atoms with Crippen molar-refractivity contribution in [2.45, 2.75) is 26.7 Å². The molecule has 0 saturated heterocycles. The van der Waals surface area contributed by atoms with Crippen LogP contribution in [0, 0.1) is 0 Å². The van der Waals surface area contributed by atoms with Crippen molar-refractivity contribution in [2.75, 3.05) is 0 Å². The molecular formula is C8H14S. The van der Waals surface area contributed by atoms with Gasteiger partial charge in [0.1, 0.15) is 0 Å². The predicted octanol–water partition coefficient (Wildman–Crippen LogP) is 3.57. The summed E-state index contributed by atoms with van der Waals surface area (Å²) in [5.41, 5.74) is 0. The Balaban J connectivity index is 3.47. The summed E-state index contributed by atoms with van der Waals surface area (Å²) < 4.78 is 0. The van der Waals surface area contributed by atoms with Crippen LogP contribution in [0.25, 0.3) is 0 Å². The molecule has 0 aromatic rings. The molecule has 0 rings (SSSR count). The minimum absolute atomic E-state index is 1.05. The van der Waals surface area contributed by atoms with Gasteiger partial charge in [0.05, 0.1) is 0 Å². The zero-order chi connectivity index (χ0) is 7.28. The van der Waals surface area contributed by atoms with Crippen LogP contribution in [0.5, 0.6) is 0 Å². The molecule has 9 heavy (non-hydrogen) atoms. The second-order valence-electron chi connectivity index (χ2n) is 1.89. The zero-order valence-electron chi connectivity index (χ0n) is 6.24. The molecule has 0 saturated carbocycles. The van der Waals surface area contributed by atoms with Crippen LogP contribution < -0.4 is 0 Å². The van der Waals surface area contributed by atoms with Gasteiger partial charge < -0.3 is 0 Å². The van der Waals surface area contributed by atoms with Crippen LogP contribution in [0.15, 0.2) is 23.0 Å². The maximum Gasteiger partial charge on any atom is -0.0180 e. The third-order valence-electron chi connectivity index (χ3n) is 1.08. The van der Waals surface area contributed by atoms with E-state index < -0.39 is 0 Å². The van der Waals surface area contributed by atoms with Crippen molar-refractivity contribution in [2.24, 2.45) is 0 Å². The molecule has 0 aliphatic rings. The fourth-order valence-electron chi connectivity index (χ4n) is 0.348. The van der Waals surface area contributed by atoms with Crippen LogP contribution >= 0.6 is 11.8 Å². The second kappa shape index (κ2) is 4.68. The van der Waals surface area contributed by atoms with Crippen LogP contribution in [-0.4, -0.2) is 0 Å². The molecule has 0 radical (unpaired) electrons. The molecule has 0 fully saturated rings. The highest BCUT2D eigenvalue weighted by atomic mass is 32.2. The van der Waals surface area contributed by atoms with Crippen LogP contribution in [0.3, 0.4) is 0 Å². The monoisotopic (exact) mass is 142 g/mol. The van der Waals surface area contributed by atoms with E-state index in [1.807, 2.05) is 0 Å². The first-order chi connectivity index (χ1) is 4.20. The first-order valence-electron chi connectivity index (χ1n) is 3.24. The first kappa shape index (κ1) is 8.83. The largest absolute Gasteiger partial charge is 0.100 e. The highest BCUT2D eigenvalue weighted by molar-refractivity contribution is 8.06. The molecule has 0 aliphatic carbocycles. The third-order valence-corrected chi connectivity index (χ3v) is 2.23. The van der Waals surface area contributed by atoms with Gasteiger partial charge >= 0.3 is 0 Å². The van der Waals surface area contributed by atoms with Crippen molar-refractivity contribution in [1.29, 1.82) is 0 Å². The summed E-state index contributed by atoms with van der Waals surface area (Å²) in [7, 11) is 0. The SMILES string of the molecule is C=C(CC)SC(=C)CC. The Hall–Kier alpha value is -0.170. The molecule has 52 valence electrons. The van der Waals surface area contributed by atoms with Gasteiger partial charge in [0.25, 0.3) is 0 Å². The van der Waals surface area contributed by atoms with E-state index in [1.54, 1.807) is 11.8 Å². The molecule has 0 nitrogen and oxygen atoms in total. The minimum atomic E-state index is 1.05. The summed E-state index contributed by atoms with van der Waals surface area (Å²) in [6, 6.07) is 0. The molecule has 0 unspecified atom stereocenters. The van der Waals surface area contributed by atoms with E-state index in [4.69, 9.17) is 0 Å². The van der Waals surface area contributed by atoms with E-state index in [2.05, 4.69) is 27.0 Å². The van der Waals surface area contributed by atoms with E-state index in [0.29, 0.717) is 0 Å². The maximum absolute atomic E-state index is 3.86. The van der Waals surface area contributed by atoms with Crippen LogP contribution in [0.2, 0.25) is 0 Å². The van der Waals surface area contributed by atoms with Crippen molar-refractivity contribution in [3.63, 3.8) is 0 Å². The van der Waals surface area contributed by atoms with Crippen molar-refractivity contribution in [1.82, 2.24) is 0 Å². The lowest BCUT2D eigenvalue weighted by atomic mass is 10.5. The number of rotatable bonds is 4. The fourth-order valence-corrected chi connectivity index (χ4v) is 1.05.